The Balaban J connectivity index is 2.08. The maximum Gasteiger partial charge on any atom is 0.264 e. The molecule has 1 N–H and O–H groups in total. The fourth-order valence-corrected chi connectivity index (χ4v) is 1.38. The number of aromatic nitrogens is 3. The number of rotatable bonds is 4. The largest absolute Gasteiger partial charge is 0.482 e. The third-order valence-electron chi connectivity index (χ3n) is 2.14. The molecule has 0 radical (unpaired) electrons. The van der Waals surface area contributed by atoms with Gasteiger partial charge in [0.15, 0.2) is 12.4 Å². The number of nitrogens with zero attached hydrogens (tertiary/aromatic N) is 3. The summed E-state index contributed by atoms with van der Waals surface area (Å²) in [6.45, 7) is 3.59. The number of hydrogen-bond acceptors (Lipinski definition) is 6. The highest BCUT2D eigenvalue weighted by Crippen LogP contribution is 2.18. The molecule has 0 aromatic carbocycles. The summed E-state index contributed by atoms with van der Waals surface area (Å²) in [6.07, 6.45) is 0. The standard InChI is InChI=1S/C11H13N3O3/c1-7-3-4-10(9(5-15)12-7)16-6-11-13-8(2)14-17-11/h3-4,15H,5-6H2,1-2H3. The first-order chi connectivity index (χ1) is 8.19. The van der Waals surface area contributed by atoms with Crippen molar-refractivity contribution >= 4 is 0 Å². The Labute approximate surface area is 98.3 Å². The van der Waals surface area contributed by atoms with Crippen molar-refractivity contribution in [3.63, 3.8) is 0 Å². The fraction of sp³-hybridized carbons (Fsp3) is 0.364. The van der Waals surface area contributed by atoms with Crippen LogP contribution >= 0.6 is 0 Å². The average molecular weight is 235 g/mol. The van der Waals surface area contributed by atoms with E-state index < -0.39 is 0 Å². The Morgan fingerprint density at radius 3 is 2.76 bits per heavy atom. The van der Waals surface area contributed by atoms with Crippen LogP contribution in [0, 0.1) is 13.8 Å². The normalized spacial score (nSPS) is 10.5. The van der Waals surface area contributed by atoms with Gasteiger partial charge >= 0.3 is 0 Å². The zero-order valence-electron chi connectivity index (χ0n) is 9.67. The molecule has 0 atom stereocenters. The van der Waals surface area contributed by atoms with Gasteiger partial charge in [-0.2, -0.15) is 4.98 Å². The topological polar surface area (TPSA) is 81.3 Å². The van der Waals surface area contributed by atoms with Crippen molar-refractivity contribution in [3.05, 3.63) is 35.2 Å². The molecule has 0 bridgehead atoms. The van der Waals surface area contributed by atoms with Crippen LogP contribution in [0.25, 0.3) is 0 Å². The van der Waals surface area contributed by atoms with Crippen LogP contribution in [0.2, 0.25) is 0 Å². The van der Waals surface area contributed by atoms with E-state index >= 15 is 0 Å². The van der Waals surface area contributed by atoms with Crippen molar-refractivity contribution in [1.82, 2.24) is 15.1 Å². The first kappa shape index (κ1) is 11.5. The Morgan fingerprint density at radius 1 is 1.29 bits per heavy atom. The zero-order chi connectivity index (χ0) is 12.3. The lowest BCUT2D eigenvalue weighted by Gasteiger charge is -2.07. The van der Waals surface area contributed by atoms with E-state index in [1.807, 2.05) is 13.0 Å². The minimum atomic E-state index is -0.167. The molecule has 0 spiro atoms. The van der Waals surface area contributed by atoms with Gasteiger partial charge < -0.3 is 14.4 Å². The lowest BCUT2D eigenvalue weighted by molar-refractivity contribution is 0.225. The Kier molecular flexibility index (Phi) is 3.34. The quantitative estimate of drug-likeness (QED) is 0.856. The van der Waals surface area contributed by atoms with E-state index in [0.717, 1.165) is 5.69 Å². The number of aryl methyl sites for hydroxylation is 2. The molecule has 6 heteroatoms. The van der Waals surface area contributed by atoms with E-state index in [1.165, 1.54) is 0 Å². The second-order valence-corrected chi connectivity index (χ2v) is 3.58. The first-order valence-electron chi connectivity index (χ1n) is 5.18. The molecule has 17 heavy (non-hydrogen) atoms. The second kappa shape index (κ2) is 4.92. The van der Waals surface area contributed by atoms with Crippen LogP contribution in [0.5, 0.6) is 5.75 Å². The molecular weight excluding hydrogens is 222 g/mol. The molecule has 0 aliphatic rings. The van der Waals surface area contributed by atoms with E-state index in [-0.39, 0.29) is 13.2 Å². The van der Waals surface area contributed by atoms with Gasteiger partial charge in [-0.3, -0.25) is 4.98 Å². The van der Waals surface area contributed by atoms with Crippen molar-refractivity contribution in [1.29, 1.82) is 0 Å². The van der Waals surface area contributed by atoms with Crippen LogP contribution < -0.4 is 4.74 Å². The Hall–Kier alpha value is -1.95. The molecule has 0 fully saturated rings. The monoisotopic (exact) mass is 235 g/mol. The lowest BCUT2D eigenvalue weighted by Crippen LogP contribution is -2.01. The van der Waals surface area contributed by atoms with Crippen molar-refractivity contribution in [2.24, 2.45) is 0 Å². The minimum Gasteiger partial charge on any atom is -0.482 e. The third kappa shape index (κ3) is 2.79. The summed E-state index contributed by atoms with van der Waals surface area (Å²) in [5.41, 5.74) is 1.33. The Morgan fingerprint density at radius 2 is 2.12 bits per heavy atom. The summed E-state index contributed by atoms with van der Waals surface area (Å²) >= 11 is 0. The SMILES string of the molecule is Cc1ccc(OCc2nc(C)no2)c(CO)n1. The van der Waals surface area contributed by atoms with Gasteiger partial charge in [-0.1, -0.05) is 5.16 Å². The number of aliphatic hydroxyl groups excluding tert-OH is 1. The number of pyridine rings is 1. The van der Waals surface area contributed by atoms with E-state index in [2.05, 4.69) is 15.1 Å². The molecule has 6 nitrogen and oxygen atoms in total. The first-order valence-corrected chi connectivity index (χ1v) is 5.18. The van der Waals surface area contributed by atoms with E-state index in [4.69, 9.17) is 14.4 Å². The maximum absolute atomic E-state index is 9.15. The fourth-order valence-electron chi connectivity index (χ4n) is 1.38. The molecule has 2 aromatic heterocycles. The van der Waals surface area contributed by atoms with Crippen LogP contribution in [0.1, 0.15) is 23.1 Å². The highest BCUT2D eigenvalue weighted by molar-refractivity contribution is 5.28. The van der Waals surface area contributed by atoms with Crippen LogP contribution in [-0.4, -0.2) is 20.2 Å². The zero-order valence-corrected chi connectivity index (χ0v) is 9.67. The second-order valence-electron chi connectivity index (χ2n) is 3.58. The van der Waals surface area contributed by atoms with Crippen molar-refractivity contribution < 1.29 is 14.4 Å². The number of aliphatic hydroxyl groups is 1. The molecule has 2 rings (SSSR count). The van der Waals surface area contributed by atoms with Crippen molar-refractivity contribution in [3.8, 4) is 5.75 Å². The van der Waals surface area contributed by atoms with Gasteiger partial charge in [-0.15, -0.1) is 0 Å². The van der Waals surface area contributed by atoms with Crippen LogP contribution in [-0.2, 0) is 13.2 Å². The smallest absolute Gasteiger partial charge is 0.264 e. The molecule has 0 unspecified atom stereocenters. The van der Waals surface area contributed by atoms with Gasteiger partial charge in [-0.05, 0) is 26.0 Å². The lowest BCUT2D eigenvalue weighted by atomic mass is 10.3. The number of hydrogen-bond donors (Lipinski definition) is 1. The molecule has 0 aliphatic heterocycles. The summed E-state index contributed by atoms with van der Waals surface area (Å²) in [7, 11) is 0. The van der Waals surface area contributed by atoms with E-state index in [1.54, 1.807) is 13.0 Å². The molecular formula is C11H13N3O3. The third-order valence-corrected chi connectivity index (χ3v) is 2.14. The van der Waals surface area contributed by atoms with Gasteiger partial charge in [0.05, 0.1) is 6.61 Å². The minimum absolute atomic E-state index is 0.165. The maximum atomic E-state index is 9.15. The molecule has 0 amide bonds. The number of ether oxygens (including phenoxy) is 1. The van der Waals surface area contributed by atoms with Gasteiger partial charge in [0.25, 0.3) is 5.89 Å². The predicted octanol–water partition coefficient (Wildman–Crippen LogP) is 1.15. The summed E-state index contributed by atoms with van der Waals surface area (Å²) in [4.78, 5) is 8.18. The predicted molar refractivity (Wildman–Crippen MR) is 58.3 cm³/mol. The molecule has 2 heterocycles. The van der Waals surface area contributed by atoms with Crippen LogP contribution in [0.15, 0.2) is 16.7 Å². The van der Waals surface area contributed by atoms with Gasteiger partial charge in [0, 0.05) is 5.69 Å². The average Bonchev–Trinajstić information content (AvgIpc) is 2.73. The van der Waals surface area contributed by atoms with Crippen molar-refractivity contribution in [2.75, 3.05) is 0 Å². The highest BCUT2D eigenvalue weighted by Gasteiger charge is 2.08. The van der Waals surface area contributed by atoms with Gasteiger partial charge in [0.1, 0.15) is 11.4 Å². The molecule has 0 saturated heterocycles. The van der Waals surface area contributed by atoms with E-state index in [9.17, 15) is 0 Å². The molecule has 0 aliphatic carbocycles. The highest BCUT2D eigenvalue weighted by atomic mass is 16.5. The summed E-state index contributed by atoms with van der Waals surface area (Å²) in [5.74, 6) is 1.48. The van der Waals surface area contributed by atoms with Crippen LogP contribution in [0.4, 0.5) is 0 Å². The summed E-state index contributed by atoms with van der Waals surface area (Å²) in [5, 5.41) is 12.8. The van der Waals surface area contributed by atoms with Gasteiger partial charge in [0.2, 0.25) is 0 Å². The summed E-state index contributed by atoms with van der Waals surface area (Å²) in [6, 6.07) is 3.57. The van der Waals surface area contributed by atoms with Crippen LogP contribution in [0.3, 0.4) is 0 Å². The molecule has 2 aromatic rings. The van der Waals surface area contributed by atoms with E-state index in [0.29, 0.717) is 23.2 Å². The summed E-state index contributed by atoms with van der Waals surface area (Å²) < 4.78 is 10.4. The van der Waals surface area contributed by atoms with Gasteiger partial charge in [-0.25, -0.2) is 0 Å². The molecule has 90 valence electrons. The Bertz CT molecular complexity index is 510. The molecule has 0 saturated carbocycles. The van der Waals surface area contributed by atoms with Crippen molar-refractivity contribution in [2.45, 2.75) is 27.1 Å².